The van der Waals surface area contributed by atoms with E-state index >= 15 is 0 Å². The first kappa shape index (κ1) is 17.4. The van der Waals surface area contributed by atoms with Gasteiger partial charge in [0.05, 0.1) is 0 Å². The molecule has 0 atom stereocenters. The average molecular weight is 309 g/mol. The van der Waals surface area contributed by atoms with Crippen LogP contribution in [-0.2, 0) is 25.4 Å². The third-order valence-electron chi connectivity index (χ3n) is 2.17. The van der Waals surface area contributed by atoms with Gasteiger partial charge in [0.25, 0.3) is 0 Å². The minimum atomic E-state index is 0. The normalized spacial score (nSPS) is 9.80. The Bertz CT molecular complexity index is 127. The molecule has 0 saturated heterocycles. The van der Waals surface area contributed by atoms with Crippen molar-refractivity contribution in [3.63, 3.8) is 0 Å². The summed E-state index contributed by atoms with van der Waals surface area (Å²) < 4.78 is 0. The van der Waals surface area contributed by atoms with Crippen molar-refractivity contribution in [1.82, 2.24) is 5.06 Å². The van der Waals surface area contributed by atoms with Crippen molar-refractivity contribution in [2.75, 3.05) is 13.1 Å². The van der Waals surface area contributed by atoms with Gasteiger partial charge in [-0.25, -0.2) is 0 Å². The topological polar surface area (TPSA) is 41.9 Å². The van der Waals surface area contributed by atoms with Crippen molar-refractivity contribution in [1.29, 1.82) is 0 Å². The van der Waals surface area contributed by atoms with E-state index in [0.717, 1.165) is 25.9 Å². The van der Waals surface area contributed by atoms with E-state index in [1.165, 1.54) is 25.7 Å². The molecule has 0 heterocycles. The van der Waals surface area contributed by atoms with Gasteiger partial charge in [-0.2, -0.15) is 0 Å². The van der Waals surface area contributed by atoms with Crippen LogP contribution in [0.2, 0.25) is 0 Å². The Morgan fingerprint density at radius 1 is 1.00 bits per heavy atom. The standard InChI is InChI=1S/C10H22N2O2.Pd/c1-3-5-7-9-12(14-11-13)10-8-6-4-2;/h3-10H2,1-2H3;. The van der Waals surface area contributed by atoms with Gasteiger partial charge in [0.2, 0.25) is 0 Å². The predicted molar refractivity (Wildman–Crippen MR) is 57.5 cm³/mol. The Morgan fingerprint density at radius 3 is 1.80 bits per heavy atom. The molecule has 5 heteroatoms. The molecule has 94 valence electrons. The Morgan fingerprint density at radius 2 is 1.47 bits per heavy atom. The average Bonchev–Trinajstić information content (AvgIpc) is 2.18. The van der Waals surface area contributed by atoms with Crippen molar-refractivity contribution in [3.05, 3.63) is 4.91 Å². The maximum absolute atomic E-state index is 9.97. The number of hydrogen-bond acceptors (Lipinski definition) is 4. The van der Waals surface area contributed by atoms with Crippen molar-refractivity contribution in [2.45, 2.75) is 52.4 Å². The van der Waals surface area contributed by atoms with E-state index in [0.29, 0.717) is 0 Å². The minimum Gasteiger partial charge on any atom is -0.260 e. The second kappa shape index (κ2) is 14.0. The summed E-state index contributed by atoms with van der Waals surface area (Å²) in [6.07, 6.45) is 6.84. The van der Waals surface area contributed by atoms with Crippen LogP contribution in [0.5, 0.6) is 0 Å². The maximum atomic E-state index is 9.97. The van der Waals surface area contributed by atoms with Gasteiger partial charge < -0.3 is 0 Å². The quantitative estimate of drug-likeness (QED) is 0.269. The zero-order valence-corrected chi connectivity index (χ0v) is 11.2. The molecule has 0 spiro atoms. The first-order chi connectivity index (χ1) is 6.85. The first-order valence-electron chi connectivity index (χ1n) is 5.59. The van der Waals surface area contributed by atoms with Crippen LogP contribution in [0.25, 0.3) is 0 Å². The van der Waals surface area contributed by atoms with Crippen LogP contribution < -0.4 is 0 Å². The van der Waals surface area contributed by atoms with E-state index in [9.17, 15) is 4.91 Å². The molecule has 0 aliphatic rings. The van der Waals surface area contributed by atoms with Gasteiger partial charge in [0, 0.05) is 33.5 Å². The third-order valence-corrected chi connectivity index (χ3v) is 2.17. The molecule has 0 amide bonds. The number of nitrogens with zero attached hydrogens (tertiary/aromatic N) is 2. The first-order valence-corrected chi connectivity index (χ1v) is 5.59. The molecule has 0 bridgehead atoms. The van der Waals surface area contributed by atoms with Crippen molar-refractivity contribution in [3.8, 4) is 0 Å². The summed E-state index contributed by atoms with van der Waals surface area (Å²) in [5, 5.41) is 4.13. The molecule has 0 aliphatic heterocycles. The zero-order valence-electron chi connectivity index (χ0n) is 9.68. The van der Waals surface area contributed by atoms with E-state index in [4.69, 9.17) is 0 Å². The van der Waals surface area contributed by atoms with Crippen LogP contribution >= 0.6 is 0 Å². The largest absolute Gasteiger partial charge is 0.260 e. The molecule has 0 radical (unpaired) electrons. The second-order valence-corrected chi connectivity index (χ2v) is 3.50. The molecule has 15 heavy (non-hydrogen) atoms. The summed E-state index contributed by atoms with van der Waals surface area (Å²) in [5.41, 5.74) is 0. The summed E-state index contributed by atoms with van der Waals surface area (Å²) in [5.74, 6) is 0. The molecule has 0 unspecified atom stereocenters. The molecule has 0 saturated carbocycles. The summed E-state index contributed by atoms with van der Waals surface area (Å²) in [6.45, 7) is 5.92. The van der Waals surface area contributed by atoms with Gasteiger partial charge in [0.1, 0.15) is 0 Å². The number of rotatable bonds is 10. The Labute approximate surface area is 106 Å². The van der Waals surface area contributed by atoms with Gasteiger partial charge in [-0.05, 0) is 12.8 Å². The fourth-order valence-corrected chi connectivity index (χ4v) is 1.32. The van der Waals surface area contributed by atoms with E-state index < -0.39 is 0 Å². The second-order valence-electron chi connectivity index (χ2n) is 3.50. The van der Waals surface area contributed by atoms with Gasteiger partial charge in [0.15, 0.2) is 5.34 Å². The van der Waals surface area contributed by atoms with E-state index in [2.05, 4.69) is 24.1 Å². The van der Waals surface area contributed by atoms with Gasteiger partial charge in [-0.3, -0.25) is 4.94 Å². The fraction of sp³-hybridized carbons (Fsp3) is 1.00. The maximum Gasteiger partial charge on any atom is 0.176 e. The monoisotopic (exact) mass is 308 g/mol. The molecule has 0 aliphatic carbocycles. The van der Waals surface area contributed by atoms with Crippen LogP contribution in [0.15, 0.2) is 5.34 Å². The number of unbranched alkanes of at least 4 members (excludes halogenated alkanes) is 4. The summed E-state index contributed by atoms with van der Waals surface area (Å²) >= 11 is 0. The van der Waals surface area contributed by atoms with Crippen molar-refractivity contribution in [2.24, 2.45) is 5.34 Å². The van der Waals surface area contributed by atoms with Gasteiger partial charge >= 0.3 is 0 Å². The molecule has 0 aromatic heterocycles. The van der Waals surface area contributed by atoms with Crippen molar-refractivity contribution >= 4 is 0 Å². The number of hydroxylamine groups is 2. The molecule has 0 fully saturated rings. The molecular weight excluding hydrogens is 287 g/mol. The fourth-order valence-electron chi connectivity index (χ4n) is 1.32. The van der Waals surface area contributed by atoms with Crippen LogP contribution in [0.3, 0.4) is 0 Å². The van der Waals surface area contributed by atoms with Crippen LogP contribution in [0.4, 0.5) is 0 Å². The minimum absolute atomic E-state index is 0. The Hall–Kier alpha value is 0.0223. The number of hydrogen-bond donors (Lipinski definition) is 0. The molecule has 0 aromatic carbocycles. The summed E-state index contributed by atoms with van der Waals surface area (Å²) in [6, 6.07) is 0. The molecule has 0 N–H and O–H groups in total. The van der Waals surface area contributed by atoms with Crippen LogP contribution in [-0.4, -0.2) is 18.2 Å². The molecular formula is C10H22N2O2Pd. The van der Waals surface area contributed by atoms with Gasteiger partial charge in [-0.1, -0.05) is 39.5 Å². The molecule has 0 aromatic rings. The Kier molecular flexibility index (Phi) is 16.3. The van der Waals surface area contributed by atoms with Crippen LogP contribution in [0, 0.1) is 4.91 Å². The molecule has 4 nitrogen and oxygen atoms in total. The summed E-state index contributed by atoms with van der Waals surface area (Å²) in [7, 11) is 0. The zero-order chi connectivity index (χ0) is 10.6. The third kappa shape index (κ3) is 12.0. The molecule has 0 rings (SSSR count). The Balaban J connectivity index is 0. The smallest absolute Gasteiger partial charge is 0.176 e. The van der Waals surface area contributed by atoms with Gasteiger partial charge in [-0.15, -0.1) is 9.97 Å². The summed E-state index contributed by atoms with van der Waals surface area (Å²) in [4.78, 5) is 14.6. The van der Waals surface area contributed by atoms with E-state index in [1.807, 2.05) is 0 Å². The van der Waals surface area contributed by atoms with Crippen molar-refractivity contribution < 1.29 is 25.4 Å². The van der Waals surface area contributed by atoms with E-state index in [-0.39, 0.29) is 20.4 Å². The SMILES string of the molecule is CCCCCN(CCCCC)ON=O.[Pd]. The predicted octanol–water partition coefficient (Wildman–Crippen LogP) is 3.28. The van der Waals surface area contributed by atoms with E-state index in [1.54, 1.807) is 5.06 Å². The van der Waals surface area contributed by atoms with Crippen LogP contribution in [0.1, 0.15) is 52.4 Å².